The van der Waals surface area contributed by atoms with E-state index in [4.69, 9.17) is 4.74 Å². The van der Waals surface area contributed by atoms with Crippen LogP contribution in [0.2, 0.25) is 0 Å². The van der Waals surface area contributed by atoms with E-state index in [-0.39, 0.29) is 57.4 Å². The van der Waals surface area contributed by atoms with Crippen LogP contribution < -0.4 is 4.74 Å². The first-order chi connectivity index (χ1) is 5.20. The number of rotatable bonds is 1. The molecule has 0 spiro atoms. The van der Waals surface area contributed by atoms with Crippen molar-refractivity contribution in [2.75, 3.05) is 0 Å². The zero-order chi connectivity index (χ0) is 8.27. The fourth-order valence-electron chi connectivity index (χ4n) is 0.682. The van der Waals surface area contributed by atoms with E-state index in [2.05, 4.69) is 22.6 Å². The Kier molecular flexibility index (Phi) is 7.07. The van der Waals surface area contributed by atoms with Gasteiger partial charge in [0.15, 0.2) is 0 Å². The van der Waals surface area contributed by atoms with Gasteiger partial charge in [-0.25, -0.2) is 0 Å². The van der Waals surface area contributed by atoms with Crippen LogP contribution in [0.25, 0.3) is 0 Å². The van der Waals surface area contributed by atoms with Gasteiger partial charge in [0.25, 0.3) is 0 Å². The van der Waals surface area contributed by atoms with Crippen LogP contribution in [0, 0.1) is 3.57 Å². The monoisotopic (exact) mass is 302 g/mol. The minimum atomic E-state index is -0.283. The van der Waals surface area contributed by atoms with E-state index in [1.54, 1.807) is 6.07 Å². The van der Waals surface area contributed by atoms with Crippen molar-refractivity contribution >= 4 is 79.9 Å². The second-order valence-electron chi connectivity index (χ2n) is 2.02. The van der Waals surface area contributed by atoms with Gasteiger partial charge in [0, 0.05) is 6.92 Å². The molecule has 0 aromatic heterocycles. The van der Waals surface area contributed by atoms with Crippen molar-refractivity contribution in [3.05, 3.63) is 27.8 Å². The van der Waals surface area contributed by atoms with E-state index >= 15 is 0 Å². The first-order valence-electron chi connectivity index (χ1n) is 3.13. The van der Waals surface area contributed by atoms with Gasteiger partial charge in [-0.2, -0.15) is 0 Å². The van der Waals surface area contributed by atoms with Crippen molar-refractivity contribution in [3.8, 4) is 5.75 Å². The standard InChI is InChI=1S/C8H7IO2.K.H/c1-6(10)11-8-5-3-2-4-7(8)9;;/h2-5H,1H3;;. The summed E-state index contributed by atoms with van der Waals surface area (Å²) in [5.41, 5.74) is 0. The maximum atomic E-state index is 10.5. The van der Waals surface area contributed by atoms with Crippen LogP contribution in [0.15, 0.2) is 24.3 Å². The number of esters is 1. The molecule has 2 nitrogen and oxygen atoms in total. The molecule has 12 heavy (non-hydrogen) atoms. The Labute approximate surface area is 128 Å². The number of hydrogen-bond acceptors (Lipinski definition) is 2. The molecule has 0 saturated heterocycles. The third-order valence-corrected chi connectivity index (χ3v) is 1.98. The number of hydrogen-bond donors (Lipinski definition) is 0. The summed E-state index contributed by atoms with van der Waals surface area (Å²) < 4.78 is 5.84. The number of benzene rings is 1. The molecule has 0 heterocycles. The van der Waals surface area contributed by atoms with Gasteiger partial charge in [-0.05, 0) is 34.7 Å². The van der Waals surface area contributed by atoms with Crippen LogP contribution in [0.5, 0.6) is 5.75 Å². The second-order valence-corrected chi connectivity index (χ2v) is 3.19. The Balaban J connectivity index is 0.00000121. The zero-order valence-corrected chi connectivity index (χ0v) is 8.16. The molecule has 0 aliphatic carbocycles. The van der Waals surface area contributed by atoms with Gasteiger partial charge in [0.1, 0.15) is 5.75 Å². The molecule has 0 atom stereocenters. The summed E-state index contributed by atoms with van der Waals surface area (Å²) in [6, 6.07) is 7.39. The molecule has 1 rings (SSSR count). The predicted octanol–water partition coefficient (Wildman–Crippen LogP) is 1.57. The molecular formula is C8H8IKO2. The van der Waals surface area contributed by atoms with Gasteiger partial charge in [0.2, 0.25) is 0 Å². The summed E-state index contributed by atoms with van der Waals surface area (Å²) in [5.74, 6) is 0.342. The van der Waals surface area contributed by atoms with Crippen molar-refractivity contribution < 1.29 is 9.53 Å². The summed E-state index contributed by atoms with van der Waals surface area (Å²) in [6.07, 6.45) is 0. The number of carbonyl (C=O) groups is 1. The molecule has 0 bridgehead atoms. The fraction of sp³-hybridized carbons (Fsp3) is 0.125. The topological polar surface area (TPSA) is 26.3 Å². The van der Waals surface area contributed by atoms with E-state index in [9.17, 15) is 4.79 Å². The van der Waals surface area contributed by atoms with E-state index < -0.39 is 0 Å². The van der Waals surface area contributed by atoms with Crippen molar-refractivity contribution in [1.82, 2.24) is 0 Å². The normalized spacial score (nSPS) is 8.50. The van der Waals surface area contributed by atoms with E-state index in [0.29, 0.717) is 5.75 Å². The molecule has 60 valence electrons. The third-order valence-electron chi connectivity index (χ3n) is 1.09. The van der Waals surface area contributed by atoms with Gasteiger partial charge < -0.3 is 4.74 Å². The van der Waals surface area contributed by atoms with Gasteiger partial charge in [-0.3, -0.25) is 4.79 Å². The molecule has 0 fully saturated rings. The van der Waals surface area contributed by atoms with E-state index in [1.807, 2.05) is 18.2 Å². The zero-order valence-electron chi connectivity index (χ0n) is 6.00. The quantitative estimate of drug-likeness (QED) is 0.341. The molecule has 0 aliphatic heterocycles. The second kappa shape index (κ2) is 6.50. The Hall–Kier alpha value is 1.06. The molecule has 0 radical (unpaired) electrons. The average Bonchev–Trinajstić information content (AvgIpc) is 1.93. The summed E-state index contributed by atoms with van der Waals surface area (Å²) in [7, 11) is 0. The minimum absolute atomic E-state index is 0. The molecular weight excluding hydrogens is 294 g/mol. The Morgan fingerprint density at radius 1 is 1.42 bits per heavy atom. The molecule has 0 aliphatic rings. The van der Waals surface area contributed by atoms with Crippen molar-refractivity contribution in [3.63, 3.8) is 0 Å². The Morgan fingerprint density at radius 2 is 2.00 bits per heavy atom. The first-order valence-corrected chi connectivity index (χ1v) is 4.21. The van der Waals surface area contributed by atoms with Crippen molar-refractivity contribution in [1.29, 1.82) is 0 Å². The number of carbonyl (C=O) groups excluding carboxylic acids is 1. The number of halogens is 1. The van der Waals surface area contributed by atoms with Gasteiger partial charge in [0.05, 0.1) is 3.57 Å². The Bertz CT molecular complexity index is 276. The molecule has 1 aromatic carbocycles. The maximum absolute atomic E-state index is 10.5. The van der Waals surface area contributed by atoms with Crippen LogP contribution in [0.3, 0.4) is 0 Å². The summed E-state index contributed by atoms with van der Waals surface area (Å²) in [6.45, 7) is 1.39. The molecule has 0 amide bonds. The summed E-state index contributed by atoms with van der Waals surface area (Å²) in [5, 5.41) is 0. The molecule has 0 unspecified atom stereocenters. The van der Waals surface area contributed by atoms with Crippen LogP contribution in [0.1, 0.15) is 6.92 Å². The Morgan fingerprint density at radius 3 is 2.50 bits per heavy atom. The van der Waals surface area contributed by atoms with Crippen molar-refractivity contribution in [2.45, 2.75) is 6.92 Å². The average molecular weight is 302 g/mol. The molecule has 0 N–H and O–H groups in total. The number of para-hydroxylation sites is 1. The first kappa shape index (κ1) is 13.1. The fourth-order valence-corrected chi connectivity index (χ4v) is 1.18. The van der Waals surface area contributed by atoms with Gasteiger partial charge in [-0.1, -0.05) is 12.1 Å². The number of ether oxygens (including phenoxy) is 1. The van der Waals surface area contributed by atoms with E-state index in [0.717, 1.165) is 3.57 Å². The van der Waals surface area contributed by atoms with Crippen molar-refractivity contribution in [2.24, 2.45) is 0 Å². The molecule has 1 aromatic rings. The molecule has 0 saturated carbocycles. The SMILES string of the molecule is CC(=O)Oc1ccccc1I.[KH]. The van der Waals surface area contributed by atoms with Crippen LogP contribution in [-0.4, -0.2) is 57.4 Å². The van der Waals surface area contributed by atoms with Crippen LogP contribution in [0.4, 0.5) is 0 Å². The predicted molar refractivity (Wildman–Crippen MR) is 57.6 cm³/mol. The summed E-state index contributed by atoms with van der Waals surface area (Å²) in [4.78, 5) is 10.5. The van der Waals surface area contributed by atoms with Crippen LogP contribution in [-0.2, 0) is 4.79 Å². The van der Waals surface area contributed by atoms with Crippen LogP contribution >= 0.6 is 22.6 Å². The van der Waals surface area contributed by atoms with E-state index in [1.165, 1.54) is 6.92 Å². The molecule has 4 heteroatoms. The van der Waals surface area contributed by atoms with Gasteiger partial charge >= 0.3 is 57.4 Å². The summed E-state index contributed by atoms with van der Waals surface area (Å²) >= 11 is 2.12. The van der Waals surface area contributed by atoms with Gasteiger partial charge in [-0.15, -0.1) is 0 Å². The third kappa shape index (κ3) is 4.34.